The Morgan fingerprint density at radius 2 is 1.95 bits per heavy atom. The Morgan fingerprint density at radius 1 is 1.15 bits per heavy atom. The van der Waals surface area contributed by atoms with Crippen molar-refractivity contribution in [2.45, 2.75) is 12.8 Å². The van der Waals surface area contributed by atoms with Gasteiger partial charge in [-0.05, 0) is 23.6 Å². The number of hydrogen-bond donors (Lipinski definition) is 1. The molecule has 1 heterocycles. The summed E-state index contributed by atoms with van der Waals surface area (Å²) in [4.78, 5) is 23.9. The van der Waals surface area contributed by atoms with E-state index in [4.69, 9.17) is 0 Å². The monoisotopic (exact) mass is 295 g/mol. The lowest BCUT2D eigenvalue weighted by molar-refractivity contribution is -0.116. The zero-order chi connectivity index (χ0) is 14.5. The Bertz CT molecular complexity index is 626. The third-order valence-electron chi connectivity index (χ3n) is 2.58. The fourth-order valence-electron chi connectivity index (χ4n) is 1.59. The first kappa shape index (κ1) is 14.3. The summed E-state index contributed by atoms with van der Waals surface area (Å²) in [6.07, 6.45) is 0.00269. The summed E-state index contributed by atoms with van der Waals surface area (Å²) >= 11 is 1.31. The van der Waals surface area contributed by atoms with E-state index in [2.05, 4.69) is 5.32 Å². The predicted molar refractivity (Wildman–Crippen MR) is 72.9 cm³/mol. The van der Waals surface area contributed by atoms with Crippen molar-refractivity contribution >= 4 is 28.7 Å². The molecule has 1 amide bonds. The highest BCUT2D eigenvalue weighted by molar-refractivity contribution is 7.12. The van der Waals surface area contributed by atoms with E-state index in [0.29, 0.717) is 10.9 Å². The second-order valence-electron chi connectivity index (χ2n) is 4.07. The van der Waals surface area contributed by atoms with Crippen LogP contribution in [0.4, 0.5) is 14.5 Å². The lowest BCUT2D eigenvalue weighted by atomic mass is 10.2. The van der Waals surface area contributed by atoms with Gasteiger partial charge in [0, 0.05) is 18.9 Å². The Hall–Kier alpha value is -2.08. The number of hydrogen-bond acceptors (Lipinski definition) is 3. The summed E-state index contributed by atoms with van der Waals surface area (Å²) in [5.74, 6) is -2.17. The number of thiophene rings is 1. The Kier molecular flexibility index (Phi) is 4.57. The minimum absolute atomic E-state index is 0.0481. The Labute approximate surface area is 118 Å². The van der Waals surface area contributed by atoms with Gasteiger partial charge in [0.1, 0.15) is 11.6 Å². The second kappa shape index (κ2) is 6.38. The molecule has 0 unspecified atom stereocenters. The van der Waals surface area contributed by atoms with Gasteiger partial charge in [-0.15, -0.1) is 11.3 Å². The van der Waals surface area contributed by atoms with Crippen LogP contribution in [-0.2, 0) is 4.79 Å². The van der Waals surface area contributed by atoms with Gasteiger partial charge in [0.2, 0.25) is 5.91 Å². The molecule has 6 heteroatoms. The summed E-state index contributed by atoms with van der Waals surface area (Å²) in [5, 5.41) is 4.09. The number of rotatable bonds is 5. The van der Waals surface area contributed by atoms with Crippen molar-refractivity contribution in [2.75, 3.05) is 5.32 Å². The molecular formula is C14H11F2NO2S. The highest BCUT2D eigenvalue weighted by atomic mass is 32.1. The van der Waals surface area contributed by atoms with E-state index in [0.717, 1.165) is 12.1 Å². The Morgan fingerprint density at radius 3 is 2.60 bits per heavy atom. The maximum atomic E-state index is 13.3. The van der Waals surface area contributed by atoms with E-state index in [1.807, 2.05) is 0 Å². The number of carbonyl (C=O) groups is 2. The van der Waals surface area contributed by atoms with Crippen LogP contribution in [0, 0.1) is 11.6 Å². The van der Waals surface area contributed by atoms with Crippen molar-refractivity contribution in [1.82, 2.24) is 0 Å². The zero-order valence-corrected chi connectivity index (χ0v) is 11.2. The maximum absolute atomic E-state index is 13.3. The molecule has 2 rings (SSSR count). The van der Waals surface area contributed by atoms with Crippen molar-refractivity contribution in [3.05, 3.63) is 52.2 Å². The zero-order valence-electron chi connectivity index (χ0n) is 10.4. The molecule has 0 saturated carbocycles. The molecule has 20 heavy (non-hydrogen) atoms. The van der Waals surface area contributed by atoms with Crippen LogP contribution in [0.25, 0.3) is 0 Å². The quantitative estimate of drug-likeness (QED) is 0.856. The van der Waals surface area contributed by atoms with Gasteiger partial charge < -0.3 is 5.32 Å². The fraction of sp³-hybridized carbons (Fsp3) is 0.143. The van der Waals surface area contributed by atoms with Gasteiger partial charge in [-0.1, -0.05) is 6.07 Å². The molecule has 0 saturated heterocycles. The van der Waals surface area contributed by atoms with E-state index in [-0.39, 0.29) is 24.3 Å². The van der Waals surface area contributed by atoms with E-state index >= 15 is 0 Å². The standard InChI is InChI=1S/C14H11F2NO2S/c15-9-3-4-11(10(16)8-9)17-14(19)6-5-12(18)13-2-1-7-20-13/h1-4,7-8H,5-6H2,(H,17,19). The average Bonchev–Trinajstić information content (AvgIpc) is 2.93. The number of halogens is 2. The van der Waals surface area contributed by atoms with Crippen molar-refractivity contribution in [1.29, 1.82) is 0 Å². The van der Waals surface area contributed by atoms with Gasteiger partial charge in [0.25, 0.3) is 0 Å². The van der Waals surface area contributed by atoms with E-state index in [1.54, 1.807) is 17.5 Å². The lowest BCUT2D eigenvalue weighted by Gasteiger charge is -2.05. The minimum atomic E-state index is -0.845. The number of carbonyl (C=O) groups excluding carboxylic acids is 2. The number of amides is 1. The van der Waals surface area contributed by atoms with Gasteiger partial charge in [-0.3, -0.25) is 9.59 Å². The number of benzene rings is 1. The first-order valence-electron chi connectivity index (χ1n) is 5.88. The molecule has 0 aliphatic heterocycles. The highest BCUT2D eigenvalue weighted by Gasteiger charge is 2.12. The van der Waals surface area contributed by atoms with E-state index in [9.17, 15) is 18.4 Å². The van der Waals surface area contributed by atoms with Crippen molar-refractivity contribution < 1.29 is 18.4 Å². The van der Waals surface area contributed by atoms with Crippen LogP contribution in [0.3, 0.4) is 0 Å². The fourth-order valence-corrected chi connectivity index (χ4v) is 2.29. The van der Waals surface area contributed by atoms with Crippen LogP contribution in [0.15, 0.2) is 35.7 Å². The van der Waals surface area contributed by atoms with E-state index < -0.39 is 17.5 Å². The largest absolute Gasteiger partial charge is 0.324 e. The third kappa shape index (κ3) is 3.71. The lowest BCUT2D eigenvalue weighted by Crippen LogP contribution is -2.14. The highest BCUT2D eigenvalue weighted by Crippen LogP contribution is 2.16. The molecular weight excluding hydrogens is 284 g/mol. The Balaban J connectivity index is 1.88. The molecule has 1 aromatic carbocycles. The first-order valence-corrected chi connectivity index (χ1v) is 6.76. The van der Waals surface area contributed by atoms with Crippen molar-refractivity contribution in [2.24, 2.45) is 0 Å². The van der Waals surface area contributed by atoms with E-state index in [1.165, 1.54) is 11.3 Å². The van der Waals surface area contributed by atoms with Crippen LogP contribution in [0.2, 0.25) is 0 Å². The van der Waals surface area contributed by atoms with Crippen molar-refractivity contribution in [3.63, 3.8) is 0 Å². The molecule has 1 aromatic heterocycles. The van der Waals surface area contributed by atoms with Gasteiger partial charge in [-0.25, -0.2) is 8.78 Å². The molecule has 0 spiro atoms. The molecule has 0 fully saturated rings. The van der Waals surface area contributed by atoms with Gasteiger partial charge in [0.15, 0.2) is 5.78 Å². The summed E-state index contributed by atoms with van der Waals surface area (Å²) in [6, 6.07) is 6.32. The molecule has 0 aliphatic carbocycles. The summed E-state index contributed by atoms with van der Waals surface area (Å²) in [5.41, 5.74) is -0.0972. The van der Waals surface area contributed by atoms with Gasteiger partial charge in [0.05, 0.1) is 10.6 Å². The van der Waals surface area contributed by atoms with Crippen LogP contribution in [0.5, 0.6) is 0 Å². The molecule has 0 atom stereocenters. The number of anilines is 1. The first-order chi connectivity index (χ1) is 9.56. The van der Waals surface area contributed by atoms with Crippen molar-refractivity contribution in [3.8, 4) is 0 Å². The van der Waals surface area contributed by atoms with Gasteiger partial charge >= 0.3 is 0 Å². The molecule has 0 radical (unpaired) electrons. The summed E-state index contributed by atoms with van der Waals surface area (Å²) in [7, 11) is 0. The van der Waals surface area contributed by atoms with Crippen LogP contribution in [0.1, 0.15) is 22.5 Å². The topological polar surface area (TPSA) is 46.2 Å². The molecule has 2 aromatic rings. The van der Waals surface area contributed by atoms with Crippen LogP contribution >= 0.6 is 11.3 Å². The third-order valence-corrected chi connectivity index (χ3v) is 3.49. The molecule has 0 aliphatic rings. The second-order valence-corrected chi connectivity index (χ2v) is 5.02. The normalized spacial score (nSPS) is 10.3. The molecule has 0 bridgehead atoms. The van der Waals surface area contributed by atoms with Crippen LogP contribution < -0.4 is 5.32 Å². The van der Waals surface area contributed by atoms with Crippen LogP contribution in [-0.4, -0.2) is 11.7 Å². The van der Waals surface area contributed by atoms with Gasteiger partial charge in [-0.2, -0.15) is 0 Å². The summed E-state index contributed by atoms with van der Waals surface area (Å²) in [6.45, 7) is 0. The minimum Gasteiger partial charge on any atom is -0.324 e. The smallest absolute Gasteiger partial charge is 0.224 e. The molecule has 1 N–H and O–H groups in total. The number of Topliss-reactive ketones (excluding diaryl/α,β-unsaturated/α-hetero) is 1. The SMILES string of the molecule is O=C(CCC(=O)c1cccs1)Nc1ccc(F)cc1F. The molecule has 104 valence electrons. The predicted octanol–water partition coefficient (Wildman–Crippen LogP) is 3.63. The average molecular weight is 295 g/mol. The number of nitrogens with one attached hydrogen (secondary N) is 1. The number of ketones is 1. The maximum Gasteiger partial charge on any atom is 0.224 e. The molecule has 3 nitrogen and oxygen atoms in total. The summed E-state index contributed by atoms with van der Waals surface area (Å²) < 4.78 is 26.0.